The number of aliphatic carboxylic acids is 1. The molecular formula is C12H13NO3S. The van der Waals surface area contributed by atoms with Crippen LogP contribution in [-0.4, -0.2) is 29.5 Å². The molecular weight excluding hydrogens is 238 g/mol. The fourth-order valence-electron chi connectivity index (χ4n) is 2.38. The smallest absolute Gasteiger partial charge is 0.321 e. The molecule has 2 aliphatic rings. The molecule has 1 aromatic rings. The zero-order chi connectivity index (χ0) is 11.9. The summed E-state index contributed by atoms with van der Waals surface area (Å²) in [7, 11) is 0. The molecule has 2 heterocycles. The number of carboxylic acid groups (broad SMARTS) is 1. The highest BCUT2D eigenvalue weighted by Gasteiger charge is 2.46. The third-order valence-electron chi connectivity index (χ3n) is 3.22. The highest BCUT2D eigenvalue weighted by molar-refractivity contribution is 8.00. The van der Waals surface area contributed by atoms with E-state index in [0.29, 0.717) is 19.0 Å². The summed E-state index contributed by atoms with van der Waals surface area (Å²) in [5.41, 5.74) is 2.31. The molecule has 0 aliphatic carbocycles. The average molecular weight is 251 g/mol. The molecule has 4 nitrogen and oxygen atoms in total. The lowest BCUT2D eigenvalue weighted by molar-refractivity contribution is -0.139. The Hall–Kier alpha value is -1.04. The van der Waals surface area contributed by atoms with E-state index in [0.717, 1.165) is 5.56 Å². The SMILES string of the molecule is O=C(O)[C@H]1CSC2(COCc3ccccc32)N1. The third-order valence-corrected chi connectivity index (χ3v) is 4.67. The first-order valence-corrected chi connectivity index (χ1v) is 6.50. The molecule has 5 heteroatoms. The summed E-state index contributed by atoms with van der Waals surface area (Å²) >= 11 is 1.63. The minimum Gasteiger partial charge on any atom is -0.480 e. The van der Waals surface area contributed by atoms with Crippen molar-refractivity contribution in [3.8, 4) is 0 Å². The van der Waals surface area contributed by atoms with Crippen molar-refractivity contribution in [2.45, 2.75) is 17.5 Å². The van der Waals surface area contributed by atoms with Crippen LogP contribution in [-0.2, 0) is 21.0 Å². The number of rotatable bonds is 1. The maximum absolute atomic E-state index is 11.0. The monoisotopic (exact) mass is 251 g/mol. The van der Waals surface area contributed by atoms with Gasteiger partial charge in [0.05, 0.1) is 13.2 Å². The molecule has 2 atom stereocenters. The molecule has 0 saturated carbocycles. The number of fused-ring (bicyclic) bond motifs is 2. The van der Waals surface area contributed by atoms with Gasteiger partial charge in [-0.15, -0.1) is 11.8 Å². The summed E-state index contributed by atoms with van der Waals surface area (Å²) < 4.78 is 5.59. The number of carboxylic acids is 1. The minimum atomic E-state index is -0.794. The Bertz CT molecular complexity index is 465. The Morgan fingerprint density at radius 1 is 1.53 bits per heavy atom. The van der Waals surface area contributed by atoms with E-state index < -0.39 is 12.0 Å². The molecule has 17 heavy (non-hydrogen) atoms. The molecule has 1 unspecified atom stereocenters. The number of ether oxygens (including phenoxy) is 1. The molecule has 3 rings (SSSR count). The van der Waals surface area contributed by atoms with Crippen LogP contribution in [0.25, 0.3) is 0 Å². The van der Waals surface area contributed by atoms with Gasteiger partial charge in [-0.25, -0.2) is 0 Å². The molecule has 0 radical (unpaired) electrons. The van der Waals surface area contributed by atoms with E-state index in [9.17, 15) is 4.79 Å². The largest absolute Gasteiger partial charge is 0.480 e. The van der Waals surface area contributed by atoms with Gasteiger partial charge >= 0.3 is 5.97 Å². The molecule has 2 N–H and O–H groups in total. The fourth-order valence-corrected chi connectivity index (χ4v) is 3.81. The zero-order valence-electron chi connectivity index (χ0n) is 9.18. The maximum Gasteiger partial charge on any atom is 0.321 e. The molecule has 90 valence electrons. The van der Waals surface area contributed by atoms with Gasteiger partial charge in [-0.1, -0.05) is 24.3 Å². The second kappa shape index (κ2) is 4.01. The summed E-state index contributed by atoms with van der Waals surface area (Å²) in [6, 6.07) is 7.57. The van der Waals surface area contributed by atoms with E-state index in [1.54, 1.807) is 11.8 Å². The topological polar surface area (TPSA) is 58.6 Å². The first-order valence-electron chi connectivity index (χ1n) is 5.52. The van der Waals surface area contributed by atoms with Gasteiger partial charge in [-0.3, -0.25) is 10.1 Å². The zero-order valence-corrected chi connectivity index (χ0v) is 10.00. The van der Waals surface area contributed by atoms with Gasteiger partial charge in [0.15, 0.2) is 0 Å². The van der Waals surface area contributed by atoms with Gasteiger partial charge in [-0.2, -0.15) is 0 Å². The van der Waals surface area contributed by atoms with Crippen molar-refractivity contribution in [3.05, 3.63) is 35.4 Å². The number of hydrogen-bond donors (Lipinski definition) is 2. The van der Waals surface area contributed by atoms with Crippen molar-refractivity contribution in [2.75, 3.05) is 12.4 Å². The van der Waals surface area contributed by atoms with E-state index in [-0.39, 0.29) is 4.87 Å². The van der Waals surface area contributed by atoms with Crippen molar-refractivity contribution in [2.24, 2.45) is 0 Å². The van der Waals surface area contributed by atoms with Crippen LogP contribution < -0.4 is 5.32 Å². The summed E-state index contributed by atoms with van der Waals surface area (Å²) in [5, 5.41) is 12.3. The van der Waals surface area contributed by atoms with Crippen molar-refractivity contribution in [3.63, 3.8) is 0 Å². The first kappa shape index (κ1) is 11.1. The van der Waals surface area contributed by atoms with Crippen LogP contribution >= 0.6 is 11.8 Å². The molecule has 2 aliphatic heterocycles. The minimum absolute atomic E-state index is 0.377. The van der Waals surface area contributed by atoms with E-state index in [2.05, 4.69) is 11.4 Å². The summed E-state index contributed by atoms with van der Waals surface area (Å²) in [6.07, 6.45) is 0. The van der Waals surface area contributed by atoms with Gasteiger partial charge in [-0.05, 0) is 11.1 Å². The Labute approximate surface area is 103 Å². The molecule has 1 aromatic carbocycles. The van der Waals surface area contributed by atoms with E-state index in [1.807, 2.05) is 18.2 Å². The highest BCUT2D eigenvalue weighted by atomic mass is 32.2. The second-order valence-electron chi connectivity index (χ2n) is 4.32. The number of nitrogens with one attached hydrogen (secondary N) is 1. The second-order valence-corrected chi connectivity index (χ2v) is 5.64. The predicted molar refractivity (Wildman–Crippen MR) is 64.8 cm³/mol. The van der Waals surface area contributed by atoms with E-state index in [1.165, 1.54) is 5.56 Å². The quantitative estimate of drug-likeness (QED) is 0.784. The van der Waals surface area contributed by atoms with Crippen LogP contribution in [0.3, 0.4) is 0 Å². The lowest BCUT2D eigenvalue weighted by Gasteiger charge is -2.35. The summed E-state index contributed by atoms with van der Waals surface area (Å²) in [5.74, 6) is -0.218. The van der Waals surface area contributed by atoms with Crippen molar-refractivity contribution in [1.29, 1.82) is 0 Å². The third kappa shape index (κ3) is 1.74. The van der Waals surface area contributed by atoms with Gasteiger partial charge < -0.3 is 9.84 Å². The number of benzene rings is 1. The van der Waals surface area contributed by atoms with Gasteiger partial charge in [0.25, 0.3) is 0 Å². The number of thioether (sulfide) groups is 1. The van der Waals surface area contributed by atoms with Crippen molar-refractivity contribution in [1.82, 2.24) is 5.32 Å². The molecule has 1 saturated heterocycles. The molecule has 0 aromatic heterocycles. The fraction of sp³-hybridized carbons (Fsp3) is 0.417. The lowest BCUT2D eigenvalue weighted by atomic mass is 9.98. The van der Waals surface area contributed by atoms with Crippen LogP contribution in [0.4, 0.5) is 0 Å². The van der Waals surface area contributed by atoms with Crippen LogP contribution in [0, 0.1) is 0 Å². The van der Waals surface area contributed by atoms with Crippen LogP contribution in [0.5, 0.6) is 0 Å². The first-order chi connectivity index (χ1) is 8.21. The van der Waals surface area contributed by atoms with Gasteiger partial charge in [0.2, 0.25) is 0 Å². The van der Waals surface area contributed by atoms with Crippen molar-refractivity contribution >= 4 is 17.7 Å². The molecule has 0 amide bonds. The molecule has 1 fully saturated rings. The summed E-state index contributed by atoms with van der Waals surface area (Å²) in [6.45, 7) is 1.14. The van der Waals surface area contributed by atoms with Crippen LogP contribution in [0.1, 0.15) is 11.1 Å². The normalized spacial score (nSPS) is 31.4. The summed E-state index contributed by atoms with van der Waals surface area (Å²) in [4.78, 5) is 10.6. The van der Waals surface area contributed by atoms with Gasteiger partial charge in [0.1, 0.15) is 10.9 Å². The van der Waals surface area contributed by atoms with Crippen LogP contribution in [0.15, 0.2) is 24.3 Å². The van der Waals surface area contributed by atoms with E-state index >= 15 is 0 Å². The molecule has 0 bridgehead atoms. The Morgan fingerprint density at radius 2 is 2.35 bits per heavy atom. The Kier molecular flexibility index (Phi) is 2.61. The van der Waals surface area contributed by atoms with Crippen LogP contribution in [0.2, 0.25) is 0 Å². The lowest BCUT2D eigenvalue weighted by Crippen LogP contribution is -2.48. The standard InChI is InChI=1S/C12H13NO3S/c14-11(15)10-6-17-12(13-10)7-16-5-8-3-1-2-4-9(8)12/h1-4,10,13H,5-7H2,(H,14,15)/t10-,12?/m1/s1. The Balaban J connectivity index is 1.98. The highest BCUT2D eigenvalue weighted by Crippen LogP contribution is 2.43. The number of carbonyl (C=O) groups is 1. The average Bonchev–Trinajstić information content (AvgIpc) is 2.75. The maximum atomic E-state index is 11.0. The van der Waals surface area contributed by atoms with Crippen molar-refractivity contribution < 1.29 is 14.6 Å². The molecule has 1 spiro atoms. The van der Waals surface area contributed by atoms with Gasteiger partial charge in [0, 0.05) is 5.75 Å². The number of hydrogen-bond acceptors (Lipinski definition) is 4. The Morgan fingerprint density at radius 3 is 3.12 bits per heavy atom. The van der Waals surface area contributed by atoms with E-state index in [4.69, 9.17) is 9.84 Å². The predicted octanol–water partition coefficient (Wildman–Crippen LogP) is 1.16.